The van der Waals surface area contributed by atoms with Crippen molar-refractivity contribution in [3.05, 3.63) is 12.8 Å². The minimum Gasteiger partial charge on any atom is -0.502 e. The standard InChI is InChI=1S/C11H20O3S/c1-3-14-9-8-11(2)7-5-4-6-10-15(11,12)13/h3H,1,4-10H2,2H3. The molecule has 0 aromatic heterocycles. The maximum atomic E-state index is 12.0. The van der Waals surface area contributed by atoms with Crippen LogP contribution in [0.3, 0.4) is 0 Å². The maximum Gasteiger partial charge on any atom is 0.155 e. The minimum absolute atomic E-state index is 0.331. The molecule has 1 heterocycles. The van der Waals surface area contributed by atoms with Crippen LogP contribution in [0.5, 0.6) is 0 Å². The van der Waals surface area contributed by atoms with Crippen molar-refractivity contribution in [2.45, 2.75) is 43.8 Å². The van der Waals surface area contributed by atoms with E-state index < -0.39 is 14.6 Å². The zero-order valence-corrected chi connectivity index (χ0v) is 10.2. The molecule has 1 unspecified atom stereocenters. The molecule has 1 rings (SSSR count). The normalized spacial score (nSPS) is 30.5. The molecule has 0 amide bonds. The topological polar surface area (TPSA) is 43.4 Å². The first kappa shape index (κ1) is 12.6. The SMILES string of the molecule is C=COCCC1(C)CCCCCS1(=O)=O. The molecule has 15 heavy (non-hydrogen) atoms. The molecule has 1 saturated heterocycles. The molecule has 0 spiro atoms. The van der Waals surface area contributed by atoms with Crippen LogP contribution in [0.15, 0.2) is 12.8 Å². The predicted octanol–water partition coefficient (Wildman–Crippen LogP) is 2.28. The second kappa shape index (κ2) is 5.01. The van der Waals surface area contributed by atoms with Crippen LogP contribution in [0.2, 0.25) is 0 Å². The zero-order chi connectivity index (χ0) is 11.4. The summed E-state index contributed by atoms with van der Waals surface area (Å²) < 4.78 is 28.5. The summed E-state index contributed by atoms with van der Waals surface area (Å²) in [6, 6.07) is 0. The molecule has 3 nitrogen and oxygen atoms in total. The predicted molar refractivity (Wildman–Crippen MR) is 61.4 cm³/mol. The van der Waals surface area contributed by atoms with E-state index in [4.69, 9.17) is 4.74 Å². The van der Waals surface area contributed by atoms with Gasteiger partial charge in [0.15, 0.2) is 9.84 Å². The van der Waals surface area contributed by atoms with Crippen molar-refractivity contribution in [3.63, 3.8) is 0 Å². The lowest BCUT2D eigenvalue weighted by atomic mass is 9.99. The molecule has 0 saturated carbocycles. The maximum absolute atomic E-state index is 12.0. The fourth-order valence-corrected chi connectivity index (χ4v) is 3.94. The van der Waals surface area contributed by atoms with E-state index in [2.05, 4.69) is 6.58 Å². The lowest BCUT2D eigenvalue weighted by molar-refractivity contribution is 0.228. The van der Waals surface area contributed by atoms with Gasteiger partial charge in [-0.1, -0.05) is 19.4 Å². The highest BCUT2D eigenvalue weighted by molar-refractivity contribution is 7.92. The summed E-state index contributed by atoms with van der Waals surface area (Å²) in [4.78, 5) is 0. The molecule has 1 aliphatic heterocycles. The molecule has 88 valence electrons. The number of ether oxygens (including phenoxy) is 1. The molecule has 0 aliphatic carbocycles. The van der Waals surface area contributed by atoms with Crippen LogP contribution in [0.4, 0.5) is 0 Å². The molecule has 0 radical (unpaired) electrons. The average molecular weight is 232 g/mol. The summed E-state index contributed by atoms with van der Waals surface area (Å²) >= 11 is 0. The smallest absolute Gasteiger partial charge is 0.155 e. The Hall–Kier alpha value is -0.510. The second-order valence-electron chi connectivity index (χ2n) is 4.37. The second-order valence-corrected chi connectivity index (χ2v) is 6.99. The third-order valence-corrected chi connectivity index (χ3v) is 5.97. The van der Waals surface area contributed by atoms with Crippen LogP contribution in [0.25, 0.3) is 0 Å². The van der Waals surface area contributed by atoms with E-state index in [1.807, 2.05) is 6.92 Å². The molecule has 0 aromatic rings. The molecule has 0 N–H and O–H groups in total. The van der Waals surface area contributed by atoms with E-state index in [1.165, 1.54) is 6.26 Å². The number of sulfone groups is 1. The Labute approximate surface area is 92.4 Å². The summed E-state index contributed by atoms with van der Waals surface area (Å²) in [6.07, 6.45) is 5.53. The average Bonchev–Trinajstić information content (AvgIpc) is 2.28. The Balaban J connectivity index is 2.72. The van der Waals surface area contributed by atoms with Gasteiger partial charge in [0.1, 0.15) is 0 Å². The van der Waals surface area contributed by atoms with Crippen molar-refractivity contribution in [1.29, 1.82) is 0 Å². The van der Waals surface area contributed by atoms with E-state index in [0.29, 0.717) is 18.8 Å². The number of hydrogen-bond acceptors (Lipinski definition) is 3. The lowest BCUT2D eigenvalue weighted by Crippen LogP contribution is -2.37. The van der Waals surface area contributed by atoms with Crippen molar-refractivity contribution < 1.29 is 13.2 Å². The molecular weight excluding hydrogens is 212 g/mol. The van der Waals surface area contributed by atoms with Gasteiger partial charge in [0.25, 0.3) is 0 Å². The van der Waals surface area contributed by atoms with Gasteiger partial charge < -0.3 is 4.74 Å². The molecule has 0 bridgehead atoms. The van der Waals surface area contributed by atoms with Crippen LogP contribution in [-0.4, -0.2) is 25.5 Å². The fraction of sp³-hybridized carbons (Fsp3) is 0.818. The van der Waals surface area contributed by atoms with E-state index in [0.717, 1.165) is 25.7 Å². The number of hydrogen-bond donors (Lipinski definition) is 0. The first-order valence-corrected chi connectivity index (χ1v) is 7.12. The quantitative estimate of drug-likeness (QED) is 0.551. The van der Waals surface area contributed by atoms with Gasteiger partial charge in [-0.2, -0.15) is 0 Å². The Morgan fingerprint density at radius 2 is 2.13 bits per heavy atom. The molecular formula is C11H20O3S. The van der Waals surface area contributed by atoms with Gasteiger partial charge in [-0.3, -0.25) is 0 Å². The minimum atomic E-state index is -2.95. The summed E-state index contributed by atoms with van der Waals surface area (Å²) in [5.74, 6) is 0.331. The molecule has 4 heteroatoms. The monoisotopic (exact) mass is 232 g/mol. The number of rotatable bonds is 4. The lowest BCUT2D eigenvalue weighted by Gasteiger charge is -2.27. The van der Waals surface area contributed by atoms with Gasteiger partial charge in [-0.05, 0) is 19.8 Å². The van der Waals surface area contributed by atoms with Crippen molar-refractivity contribution in [2.75, 3.05) is 12.4 Å². The highest BCUT2D eigenvalue weighted by Gasteiger charge is 2.39. The van der Waals surface area contributed by atoms with Crippen LogP contribution in [-0.2, 0) is 14.6 Å². The van der Waals surface area contributed by atoms with Crippen LogP contribution >= 0.6 is 0 Å². The highest BCUT2D eigenvalue weighted by Crippen LogP contribution is 2.32. The third kappa shape index (κ3) is 2.97. The van der Waals surface area contributed by atoms with E-state index in [-0.39, 0.29) is 0 Å². The van der Waals surface area contributed by atoms with Crippen molar-refractivity contribution in [2.24, 2.45) is 0 Å². The van der Waals surface area contributed by atoms with E-state index >= 15 is 0 Å². The van der Waals surface area contributed by atoms with Gasteiger partial charge in [-0.15, -0.1) is 0 Å². The fourth-order valence-electron chi connectivity index (χ4n) is 2.01. The van der Waals surface area contributed by atoms with Crippen LogP contribution < -0.4 is 0 Å². The Bertz CT molecular complexity index is 308. The summed E-state index contributed by atoms with van der Waals surface area (Å²) in [5.41, 5.74) is 0. The van der Waals surface area contributed by atoms with Gasteiger partial charge >= 0.3 is 0 Å². The van der Waals surface area contributed by atoms with Crippen molar-refractivity contribution in [1.82, 2.24) is 0 Å². The Morgan fingerprint density at radius 1 is 1.40 bits per heavy atom. The van der Waals surface area contributed by atoms with E-state index in [1.54, 1.807) is 0 Å². The van der Waals surface area contributed by atoms with Gasteiger partial charge in [0, 0.05) is 6.42 Å². The van der Waals surface area contributed by atoms with Gasteiger partial charge in [-0.25, -0.2) is 8.42 Å². The molecule has 1 atom stereocenters. The zero-order valence-electron chi connectivity index (χ0n) is 9.37. The molecule has 0 aromatic carbocycles. The van der Waals surface area contributed by atoms with Gasteiger partial charge in [0.2, 0.25) is 0 Å². The highest BCUT2D eigenvalue weighted by atomic mass is 32.2. The summed E-state index contributed by atoms with van der Waals surface area (Å²) in [6.45, 7) is 5.74. The molecule has 1 fully saturated rings. The first-order valence-electron chi connectivity index (χ1n) is 5.47. The van der Waals surface area contributed by atoms with Crippen LogP contribution in [0, 0.1) is 0 Å². The van der Waals surface area contributed by atoms with Crippen molar-refractivity contribution >= 4 is 9.84 Å². The summed E-state index contributed by atoms with van der Waals surface area (Å²) in [7, 11) is -2.95. The summed E-state index contributed by atoms with van der Waals surface area (Å²) in [5, 5.41) is 0. The Kier molecular flexibility index (Phi) is 4.20. The van der Waals surface area contributed by atoms with Gasteiger partial charge in [0.05, 0.1) is 23.4 Å². The van der Waals surface area contributed by atoms with E-state index in [9.17, 15) is 8.42 Å². The largest absolute Gasteiger partial charge is 0.502 e. The van der Waals surface area contributed by atoms with Crippen LogP contribution in [0.1, 0.15) is 39.0 Å². The third-order valence-electron chi connectivity index (χ3n) is 3.24. The first-order chi connectivity index (χ1) is 7.02. The van der Waals surface area contributed by atoms with Crippen molar-refractivity contribution in [3.8, 4) is 0 Å². The molecule has 1 aliphatic rings. The Morgan fingerprint density at radius 3 is 2.80 bits per heavy atom.